The van der Waals surface area contributed by atoms with Crippen LogP contribution in [0.3, 0.4) is 0 Å². The van der Waals surface area contributed by atoms with Gasteiger partial charge in [0.2, 0.25) is 5.91 Å². The normalized spacial score (nSPS) is 20.0. The van der Waals surface area contributed by atoms with E-state index in [1.54, 1.807) is 0 Å². The Labute approximate surface area is 131 Å². The fourth-order valence-corrected chi connectivity index (χ4v) is 3.02. The number of nitrogens with zero attached hydrogens (tertiary/aromatic N) is 1. The zero-order chi connectivity index (χ0) is 15.4. The first-order valence-corrected chi connectivity index (χ1v) is 8.18. The first-order valence-electron chi connectivity index (χ1n) is 8.18. The summed E-state index contributed by atoms with van der Waals surface area (Å²) in [6.07, 6.45) is 4.91. The van der Waals surface area contributed by atoms with Crippen molar-refractivity contribution >= 4 is 11.6 Å². The van der Waals surface area contributed by atoms with Gasteiger partial charge in [-0.2, -0.15) is 0 Å². The molecule has 1 amide bonds. The van der Waals surface area contributed by atoms with E-state index in [1.807, 2.05) is 25.1 Å². The number of ether oxygens (including phenoxy) is 2. The summed E-state index contributed by atoms with van der Waals surface area (Å²) in [6.45, 7) is 5.13. The molecule has 1 atom stereocenters. The van der Waals surface area contributed by atoms with Gasteiger partial charge in [0.1, 0.15) is 13.2 Å². The summed E-state index contributed by atoms with van der Waals surface area (Å²) in [5.41, 5.74) is 0.760. The number of benzene rings is 1. The van der Waals surface area contributed by atoms with E-state index >= 15 is 0 Å². The van der Waals surface area contributed by atoms with Gasteiger partial charge in [0.15, 0.2) is 11.5 Å². The summed E-state index contributed by atoms with van der Waals surface area (Å²) in [4.78, 5) is 14.7. The van der Waals surface area contributed by atoms with Crippen molar-refractivity contribution in [1.82, 2.24) is 4.90 Å². The molecule has 1 aromatic carbocycles. The minimum atomic E-state index is -0.105. The third-order valence-corrected chi connectivity index (χ3v) is 4.38. The number of fused-ring (bicyclic) bond motifs is 1. The lowest BCUT2D eigenvalue weighted by Gasteiger charge is -2.26. The fraction of sp³-hybridized carbons (Fsp3) is 0.588. The molecule has 5 heteroatoms. The molecule has 0 spiro atoms. The fourth-order valence-electron chi connectivity index (χ4n) is 3.02. The Morgan fingerprint density at radius 2 is 1.77 bits per heavy atom. The molecule has 120 valence electrons. The highest BCUT2D eigenvalue weighted by Gasteiger charge is 2.22. The average molecular weight is 304 g/mol. The number of carbonyl (C=O) groups is 1. The van der Waals surface area contributed by atoms with Gasteiger partial charge in [-0.15, -0.1) is 0 Å². The molecule has 0 bridgehead atoms. The summed E-state index contributed by atoms with van der Waals surface area (Å²) in [5, 5.41) is 2.99. The maximum Gasteiger partial charge on any atom is 0.241 e. The largest absolute Gasteiger partial charge is 0.486 e. The Morgan fingerprint density at radius 1 is 1.09 bits per heavy atom. The van der Waals surface area contributed by atoms with Crippen LogP contribution < -0.4 is 14.8 Å². The minimum Gasteiger partial charge on any atom is -0.486 e. The Hall–Kier alpha value is -1.75. The standard InChI is InChI=1S/C17H24N2O3/c1-13(19-8-4-2-3-5-9-19)17(20)18-14-6-7-15-16(12-14)22-11-10-21-15/h6-7,12-13H,2-5,8-11H2,1H3,(H,18,20). The summed E-state index contributed by atoms with van der Waals surface area (Å²) in [7, 11) is 0. The van der Waals surface area contributed by atoms with Crippen molar-refractivity contribution in [2.24, 2.45) is 0 Å². The highest BCUT2D eigenvalue weighted by Crippen LogP contribution is 2.32. The molecule has 2 heterocycles. The Morgan fingerprint density at radius 3 is 2.50 bits per heavy atom. The molecule has 2 aliphatic rings. The first kappa shape index (κ1) is 15.2. The molecule has 1 saturated heterocycles. The molecule has 5 nitrogen and oxygen atoms in total. The van der Waals surface area contributed by atoms with Crippen molar-refractivity contribution in [3.63, 3.8) is 0 Å². The van der Waals surface area contributed by atoms with Gasteiger partial charge in [0.05, 0.1) is 6.04 Å². The molecule has 0 saturated carbocycles. The van der Waals surface area contributed by atoms with E-state index in [9.17, 15) is 4.79 Å². The summed E-state index contributed by atoms with van der Waals surface area (Å²) in [5.74, 6) is 1.48. The first-order chi connectivity index (χ1) is 10.7. The van der Waals surface area contributed by atoms with Gasteiger partial charge in [-0.3, -0.25) is 9.69 Å². The number of anilines is 1. The lowest BCUT2D eigenvalue weighted by molar-refractivity contribution is -0.120. The summed E-state index contributed by atoms with van der Waals surface area (Å²) < 4.78 is 11.0. The van der Waals surface area contributed by atoms with Gasteiger partial charge < -0.3 is 14.8 Å². The lowest BCUT2D eigenvalue weighted by atomic mass is 10.2. The molecule has 1 unspecified atom stereocenters. The van der Waals surface area contributed by atoms with Crippen LogP contribution in [-0.2, 0) is 4.79 Å². The quantitative estimate of drug-likeness (QED) is 0.933. The number of rotatable bonds is 3. The second-order valence-electron chi connectivity index (χ2n) is 5.97. The van der Waals surface area contributed by atoms with Crippen LogP contribution in [0.25, 0.3) is 0 Å². The van der Waals surface area contributed by atoms with Crippen molar-refractivity contribution < 1.29 is 14.3 Å². The van der Waals surface area contributed by atoms with Crippen LogP contribution in [0.1, 0.15) is 32.6 Å². The van der Waals surface area contributed by atoms with Crippen molar-refractivity contribution in [2.75, 3.05) is 31.6 Å². The SMILES string of the molecule is CC(C(=O)Nc1ccc2c(c1)OCCO2)N1CCCCCC1. The third-order valence-electron chi connectivity index (χ3n) is 4.38. The number of hydrogen-bond acceptors (Lipinski definition) is 4. The predicted molar refractivity (Wildman–Crippen MR) is 85.6 cm³/mol. The molecule has 1 aromatic rings. The van der Waals surface area contributed by atoms with Crippen molar-refractivity contribution in [2.45, 2.75) is 38.6 Å². The van der Waals surface area contributed by atoms with Crippen molar-refractivity contribution in [3.05, 3.63) is 18.2 Å². The number of amides is 1. The van der Waals surface area contributed by atoms with Crippen LogP contribution >= 0.6 is 0 Å². The molecular weight excluding hydrogens is 280 g/mol. The number of carbonyl (C=O) groups excluding carboxylic acids is 1. The minimum absolute atomic E-state index is 0.0403. The highest BCUT2D eigenvalue weighted by atomic mass is 16.6. The monoisotopic (exact) mass is 304 g/mol. The van der Waals surface area contributed by atoms with E-state index < -0.39 is 0 Å². The Balaban J connectivity index is 1.63. The summed E-state index contributed by atoms with van der Waals surface area (Å²) in [6, 6.07) is 5.44. The molecule has 0 aromatic heterocycles. The van der Waals surface area contributed by atoms with Crippen molar-refractivity contribution in [3.8, 4) is 11.5 Å². The van der Waals surface area contributed by atoms with Gasteiger partial charge in [0, 0.05) is 11.8 Å². The van der Waals surface area contributed by atoms with Crippen LogP contribution in [0.2, 0.25) is 0 Å². The highest BCUT2D eigenvalue weighted by molar-refractivity contribution is 5.94. The second-order valence-corrected chi connectivity index (χ2v) is 5.97. The Kier molecular flexibility index (Phi) is 4.83. The smallest absolute Gasteiger partial charge is 0.241 e. The van der Waals surface area contributed by atoms with Gasteiger partial charge in [0.25, 0.3) is 0 Å². The second kappa shape index (κ2) is 7.01. The van der Waals surface area contributed by atoms with E-state index in [0.29, 0.717) is 19.0 Å². The van der Waals surface area contributed by atoms with Crippen LogP contribution in [0.5, 0.6) is 11.5 Å². The van der Waals surface area contributed by atoms with E-state index in [4.69, 9.17) is 9.47 Å². The Bertz CT molecular complexity index is 525. The molecule has 2 aliphatic heterocycles. The molecule has 3 rings (SSSR count). The average Bonchev–Trinajstić information content (AvgIpc) is 2.83. The van der Waals surface area contributed by atoms with E-state index in [1.165, 1.54) is 25.7 Å². The van der Waals surface area contributed by atoms with Gasteiger partial charge in [-0.1, -0.05) is 12.8 Å². The molecule has 1 fully saturated rings. The molecule has 0 aliphatic carbocycles. The van der Waals surface area contributed by atoms with Gasteiger partial charge in [-0.05, 0) is 45.0 Å². The maximum absolute atomic E-state index is 12.5. The topological polar surface area (TPSA) is 50.8 Å². The molecule has 1 N–H and O–H groups in total. The van der Waals surface area contributed by atoms with Crippen LogP contribution in [0, 0.1) is 0 Å². The predicted octanol–water partition coefficient (Wildman–Crippen LogP) is 2.66. The summed E-state index contributed by atoms with van der Waals surface area (Å²) >= 11 is 0. The van der Waals surface area contributed by atoms with Crippen LogP contribution in [-0.4, -0.2) is 43.2 Å². The number of likely N-dealkylation sites (tertiary alicyclic amines) is 1. The van der Waals surface area contributed by atoms with Crippen LogP contribution in [0.15, 0.2) is 18.2 Å². The molecule has 22 heavy (non-hydrogen) atoms. The molecular formula is C17H24N2O3. The van der Waals surface area contributed by atoms with Gasteiger partial charge in [-0.25, -0.2) is 0 Å². The zero-order valence-electron chi connectivity index (χ0n) is 13.1. The number of nitrogens with one attached hydrogen (secondary N) is 1. The van der Waals surface area contributed by atoms with E-state index in [2.05, 4.69) is 10.2 Å². The number of hydrogen-bond donors (Lipinski definition) is 1. The van der Waals surface area contributed by atoms with E-state index in [-0.39, 0.29) is 11.9 Å². The lowest BCUT2D eigenvalue weighted by Crippen LogP contribution is -2.42. The zero-order valence-corrected chi connectivity index (χ0v) is 13.1. The third kappa shape index (κ3) is 3.53. The molecule has 0 radical (unpaired) electrons. The van der Waals surface area contributed by atoms with Gasteiger partial charge >= 0.3 is 0 Å². The van der Waals surface area contributed by atoms with E-state index in [0.717, 1.165) is 24.5 Å². The maximum atomic E-state index is 12.5. The van der Waals surface area contributed by atoms with Crippen LogP contribution in [0.4, 0.5) is 5.69 Å². The van der Waals surface area contributed by atoms with Crippen molar-refractivity contribution in [1.29, 1.82) is 0 Å².